The fraction of sp³-hybridized carbons (Fsp3) is 0.833. The molecule has 98 valence electrons. The van der Waals surface area contributed by atoms with Gasteiger partial charge in [-0.1, -0.05) is 0 Å². The van der Waals surface area contributed by atoms with Crippen molar-refractivity contribution in [1.29, 1.82) is 0 Å². The molecule has 0 aromatic carbocycles. The summed E-state index contributed by atoms with van der Waals surface area (Å²) in [7, 11) is 1.34. The summed E-state index contributed by atoms with van der Waals surface area (Å²) >= 11 is 0. The monoisotopic (exact) mass is 243 g/mol. The Morgan fingerprint density at radius 1 is 1.29 bits per heavy atom. The van der Waals surface area contributed by atoms with Crippen LogP contribution in [0.2, 0.25) is 0 Å². The molecule has 0 aromatic heterocycles. The molecule has 0 spiro atoms. The van der Waals surface area contributed by atoms with Crippen LogP contribution in [0, 0.1) is 0 Å². The second kappa shape index (κ2) is 4.55. The molecule has 1 amide bonds. The van der Waals surface area contributed by atoms with Crippen LogP contribution in [0.5, 0.6) is 0 Å². The Morgan fingerprint density at radius 3 is 2.12 bits per heavy atom. The van der Waals surface area contributed by atoms with Crippen molar-refractivity contribution in [1.82, 2.24) is 4.90 Å². The van der Waals surface area contributed by atoms with E-state index in [2.05, 4.69) is 0 Å². The maximum Gasteiger partial charge on any atom is 0.411 e. The van der Waals surface area contributed by atoms with E-state index < -0.39 is 17.2 Å². The number of carbonyl (C=O) groups is 2. The van der Waals surface area contributed by atoms with Crippen LogP contribution >= 0.6 is 0 Å². The number of carbonyl (C=O) groups excluding carboxylic acids is 2. The van der Waals surface area contributed by atoms with Gasteiger partial charge in [-0.05, 0) is 40.5 Å². The number of methoxy groups -OCH3 is 1. The van der Waals surface area contributed by atoms with E-state index in [-0.39, 0.29) is 5.97 Å². The van der Waals surface area contributed by atoms with Crippen LogP contribution in [0.1, 0.15) is 40.5 Å². The van der Waals surface area contributed by atoms with Crippen molar-refractivity contribution < 1.29 is 19.1 Å². The first-order valence-corrected chi connectivity index (χ1v) is 5.86. The number of likely N-dealkylation sites (N-methyl/N-ethyl adjacent to an activating group) is 1. The van der Waals surface area contributed by atoms with Crippen molar-refractivity contribution in [2.75, 3.05) is 13.7 Å². The van der Waals surface area contributed by atoms with E-state index in [1.165, 1.54) is 12.0 Å². The summed E-state index contributed by atoms with van der Waals surface area (Å²) in [4.78, 5) is 25.2. The number of ether oxygens (including phenoxy) is 2. The van der Waals surface area contributed by atoms with Gasteiger partial charge in [0.2, 0.25) is 0 Å². The normalized spacial score (nSPS) is 17.2. The first-order valence-electron chi connectivity index (χ1n) is 5.86. The van der Waals surface area contributed by atoms with Crippen LogP contribution in [-0.4, -0.2) is 41.8 Å². The molecule has 0 unspecified atom stereocenters. The Labute approximate surface area is 102 Å². The minimum Gasteiger partial charge on any atom is -0.467 e. The molecule has 0 atom stereocenters. The van der Waals surface area contributed by atoms with Crippen LogP contribution in [0.4, 0.5) is 4.79 Å². The third kappa shape index (κ3) is 2.90. The summed E-state index contributed by atoms with van der Waals surface area (Å²) in [5.74, 6) is -0.356. The smallest absolute Gasteiger partial charge is 0.411 e. The summed E-state index contributed by atoms with van der Waals surface area (Å²) in [6.07, 6.45) is 0.836. The lowest BCUT2D eigenvalue weighted by Gasteiger charge is -2.31. The first kappa shape index (κ1) is 13.8. The molecule has 1 aliphatic rings. The van der Waals surface area contributed by atoms with E-state index in [0.717, 1.165) is 0 Å². The molecule has 1 aliphatic carbocycles. The Morgan fingerprint density at radius 2 is 1.82 bits per heavy atom. The third-order valence-electron chi connectivity index (χ3n) is 2.74. The first-order chi connectivity index (χ1) is 7.77. The lowest BCUT2D eigenvalue weighted by Crippen LogP contribution is -2.49. The molecule has 0 radical (unpaired) electrons. The van der Waals surface area contributed by atoms with Gasteiger partial charge >= 0.3 is 12.1 Å². The van der Waals surface area contributed by atoms with Crippen LogP contribution in [-0.2, 0) is 14.3 Å². The zero-order valence-corrected chi connectivity index (χ0v) is 11.2. The van der Waals surface area contributed by atoms with E-state index in [1.807, 2.05) is 6.92 Å². The van der Waals surface area contributed by atoms with Crippen molar-refractivity contribution >= 4 is 12.1 Å². The molecule has 0 N–H and O–H groups in total. The van der Waals surface area contributed by atoms with Gasteiger partial charge in [0.05, 0.1) is 7.11 Å². The summed E-state index contributed by atoms with van der Waals surface area (Å²) in [5.41, 5.74) is -1.34. The molecule has 0 saturated heterocycles. The highest BCUT2D eigenvalue weighted by atomic mass is 16.6. The topological polar surface area (TPSA) is 55.8 Å². The predicted molar refractivity (Wildman–Crippen MR) is 62.6 cm³/mol. The van der Waals surface area contributed by atoms with E-state index >= 15 is 0 Å². The fourth-order valence-electron chi connectivity index (χ4n) is 1.82. The zero-order valence-electron chi connectivity index (χ0n) is 11.2. The average molecular weight is 243 g/mol. The SMILES string of the molecule is CCN(C(=O)OC(C)(C)C)C1(C(=O)OC)CC1. The van der Waals surface area contributed by atoms with Gasteiger partial charge in [-0.25, -0.2) is 9.59 Å². The molecule has 17 heavy (non-hydrogen) atoms. The number of amides is 1. The Bertz CT molecular complexity index is 315. The van der Waals surface area contributed by atoms with Gasteiger partial charge in [0.1, 0.15) is 11.1 Å². The van der Waals surface area contributed by atoms with Crippen LogP contribution in [0.3, 0.4) is 0 Å². The number of hydrogen-bond acceptors (Lipinski definition) is 4. The Kier molecular flexibility index (Phi) is 3.69. The maximum atomic E-state index is 12.0. The summed E-state index contributed by atoms with van der Waals surface area (Å²) in [6, 6.07) is 0. The summed E-state index contributed by atoms with van der Waals surface area (Å²) < 4.78 is 10.0. The van der Waals surface area contributed by atoms with Crippen LogP contribution < -0.4 is 0 Å². The standard InChI is InChI=1S/C12H21NO4/c1-6-13(10(15)17-11(2,3)4)12(7-8-12)9(14)16-5/h6-8H2,1-5H3. The highest BCUT2D eigenvalue weighted by Gasteiger charge is 2.58. The molecule has 1 saturated carbocycles. The van der Waals surface area contributed by atoms with Crippen molar-refractivity contribution in [3.63, 3.8) is 0 Å². The van der Waals surface area contributed by atoms with Crippen LogP contribution in [0.15, 0.2) is 0 Å². The average Bonchev–Trinajstić information content (AvgIpc) is 2.96. The van der Waals surface area contributed by atoms with Gasteiger partial charge in [-0.15, -0.1) is 0 Å². The zero-order chi connectivity index (χ0) is 13.3. The van der Waals surface area contributed by atoms with E-state index in [9.17, 15) is 9.59 Å². The molecule has 0 aromatic rings. The Balaban J connectivity index is 2.79. The molecular formula is C12H21NO4. The molecule has 1 rings (SSSR count). The number of esters is 1. The predicted octanol–water partition coefficient (Wildman–Crippen LogP) is 1.95. The summed E-state index contributed by atoms with van der Waals surface area (Å²) in [6.45, 7) is 7.67. The van der Waals surface area contributed by atoms with Gasteiger partial charge in [-0.2, -0.15) is 0 Å². The largest absolute Gasteiger partial charge is 0.467 e. The van der Waals surface area contributed by atoms with Crippen molar-refractivity contribution in [2.24, 2.45) is 0 Å². The van der Waals surface area contributed by atoms with Crippen molar-refractivity contribution in [3.05, 3.63) is 0 Å². The molecule has 0 aliphatic heterocycles. The Hall–Kier alpha value is -1.26. The second-order valence-corrected chi connectivity index (χ2v) is 5.25. The maximum absolute atomic E-state index is 12.0. The lowest BCUT2D eigenvalue weighted by atomic mass is 10.2. The highest BCUT2D eigenvalue weighted by Crippen LogP contribution is 2.43. The quantitative estimate of drug-likeness (QED) is 0.711. The number of nitrogens with zero attached hydrogens (tertiary/aromatic N) is 1. The van der Waals surface area contributed by atoms with E-state index in [1.54, 1.807) is 20.8 Å². The summed E-state index contributed by atoms with van der Waals surface area (Å²) in [5, 5.41) is 0. The molecule has 0 heterocycles. The van der Waals surface area contributed by atoms with Gasteiger partial charge in [0, 0.05) is 6.54 Å². The van der Waals surface area contributed by atoms with Gasteiger partial charge in [-0.3, -0.25) is 4.90 Å². The fourth-order valence-corrected chi connectivity index (χ4v) is 1.82. The van der Waals surface area contributed by atoms with E-state index in [0.29, 0.717) is 19.4 Å². The minimum absolute atomic E-state index is 0.356. The van der Waals surface area contributed by atoms with Crippen molar-refractivity contribution in [2.45, 2.75) is 51.7 Å². The second-order valence-electron chi connectivity index (χ2n) is 5.25. The minimum atomic E-state index is -0.786. The highest BCUT2D eigenvalue weighted by molar-refractivity contribution is 5.88. The lowest BCUT2D eigenvalue weighted by molar-refractivity contribution is -0.148. The number of hydrogen-bond donors (Lipinski definition) is 0. The van der Waals surface area contributed by atoms with Gasteiger partial charge in [0.25, 0.3) is 0 Å². The van der Waals surface area contributed by atoms with Crippen molar-refractivity contribution in [3.8, 4) is 0 Å². The molecule has 5 heteroatoms. The molecule has 5 nitrogen and oxygen atoms in total. The number of rotatable bonds is 3. The van der Waals surface area contributed by atoms with Gasteiger partial charge in [0.15, 0.2) is 0 Å². The molecule has 0 bridgehead atoms. The van der Waals surface area contributed by atoms with Gasteiger partial charge < -0.3 is 9.47 Å². The molecular weight excluding hydrogens is 222 g/mol. The molecule has 1 fully saturated rings. The third-order valence-corrected chi connectivity index (χ3v) is 2.74. The van der Waals surface area contributed by atoms with E-state index in [4.69, 9.17) is 9.47 Å². The van der Waals surface area contributed by atoms with Crippen LogP contribution in [0.25, 0.3) is 0 Å².